The van der Waals surface area contributed by atoms with Gasteiger partial charge in [0.2, 0.25) is 10.0 Å². The molecule has 1 atom stereocenters. The first kappa shape index (κ1) is 24.3. The lowest BCUT2D eigenvalue weighted by Gasteiger charge is -2.26. The minimum Gasteiger partial charge on any atom is -0.449 e. The molecule has 1 unspecified atom stereocenters. The van der Waals surface area contributed by atoms with Crippen LogP contribution in [0.4, 0.5) is 11.4 Å². The third-order valence-electron chi connectivity index (χ3n) is 5.02. The molecule has 0 spiro atoms. The molecule has 12 heteroatoms. The minimum atomic E-state index is -3.66. The van der Waals surface area contributed by atoms with Crippen LogP contribution in [-0.2, 0) is 24.3 Å². The number of carbonyl (C=O) groups is 2. The summed E-state index contributed by atoms with van der Waals surface area (Å²) in [7, 11) is -3.66. The molecular weight excluding hydrogens is 454 g/mol. The lowest BCUT2D eigenvalue weighted by molar-refractivity contribution is -0.385. The largest absolute Gasteiger partial charge is 0.449 e. The second kappa shape index (κ2) is 10.1. The highest BCUT2D eigenvalue weighted by Crippen LogP contribution is 2.21. The van der Waals surface area contributed by atoms with E-state index in [0.717, 1.165) is 6.07 Å². The average molecular weight is 477 g/mol. The molecule has 1 amide bonds. The highest BCUT2D eigenvalue weighted by atomic mass is 32.2. The van der Waals surface area contributed by atoms with Gasteiger partial charge >= 0.3 is 5.97 Å². The Bertz CT molecular complexity index is 1160. The summed E-state index contributed by atoms with van der Waals surface area (Å²) < 4.78 is 36.9. The molecule has 1 N–H and O–H groups in total. The Labute approximate surface area is 190 Å². The van der Waals surface area contributed by atoms with Gasteiger partial charge in [-0.1, -0.05) is 6.07 Å². The van der Waals surface area contributed by atoms with Gasteiger partial charge in [-0.25, -0.2) is 13.2 Å². The molecule has 3 rings (SSSR count). The third kappa shape index (κ3) is 5.72. The van der Waals surface area contributed by atoms with Gasteiger partial charge in [0, 0.05) is 30.4 Å². The Morgan fingerprint density at radius 2 is 1.79 bits per heavy atom. The van der Waals surface area contributed by atoms with Gasteiger partial charge in [-0.2, -0.15) is 4.31 Å². The van der Waals surface area contributed by atoms with Crippen molar-refractivity contribution in [1.82, 2.24) is 4.31 Å². The fourth-order valence-corrected chi connectivity index (χ4v) is 4.51. The van der Waals surface area contributed by atoms with Crippen LogP contribution in [0.3, 0.4) is 0 Å². The first-order valence-electron chi connectivity index (χ1n) is 10.0. The lowest BCUT2D eigenvalue weighted by Crippen LogP contribution is -2.40. The summed E-state index contributed by atoms with van der Waals surface area (Å²) in [6.45, 7) is 4.11. The molecule has 2 aromatic carbocycles. The number of nitrogens with one attached hydrogen (secondary N) is 1. The standard InChI is InChI=1S/C21H23N3O8S/c1-14-3-4-16(13-19(14)24(27)28)21(26)32-15(2)20(25)22-17-5-7-18(8-6-17)33(29,30)23-9-11-31-12-10-23/h3-8,13,15H,9-12H2,1-2H3,(H,22,25). The van der Waals surface area contributed by atoms with Crippen LogP contribution in [0.25, 0.3) is 0 Å². The normalized spacial score (nSPS) is 15.5. The summed E-state index contributed by atoms with van der Waals surface area (Å²) in [6, 6.07) is 9.52. The summed E-state index contributed by atoms with van der Waals surface area (Å²) >= 11 is 0. The van der Waals surface area contributed by atoms with Crippen molar-refractivity contribution < 1.29 is 32.4 Å². The Kier molecular flexibility index (Phi) is 7.41. The topological polar surface area (TPSA) is 145 Å². The maximum Gasteiger partial charge on any atom is 0.339 e. The molecular formula is C21H23N3O8S. The van der Waals surface area contributed by atoms with Crippen LogP contribution < -0.4 is 5.32 Å². The first-order chi connectivity index (χ1) is 15.6. The van der Waals surface area contributed by atoms with Gasteiger partial charge in [0.1, 0.15) is 0 Å². The van der Waals surface area contributed by atoms with E-state index in [2.05, 4.69) is 5.32 Å². The van der Waals surface area contributed by atoms with Crippen LogP contribution >= 0.6 is 0 Å². The summed E-state index contributed by atoms with van der Waals surface area (Å²) in [4.78, 5) is 35.2. The van der Waals surface area contributed by atoms with Crippen LogP contribution in [0.2, 0.25) is 0 Å². The molecule has 0 radical (unpaired) electrons. The van der Waals surface area contributed by atoms with Crippen LogP contribution in [0.1, 0.15) is 22.8 Å². The molecule has 0 aromatic heterocycles. The number of anilines is 1. The molecule has 0 bridgehead atoms. The summed E-state index contributed by atoms with van der Waals surface area (Å²) in [5, 5.41) is 13.6. The molecule has 0 saturated carbocycles. The number of benzene rings is 2. The molecule has 33 heavy (non-hydrogen) atoms. The van der Waals surface area contributed by atoms with Gasteiger partial charge in [0.15, 0.2) is 6.10 Å². The Morgan fingerprint density at radius 1 is 1.15 bits per heavy atom. The van der Waals surface area contributed by atoms with E-state index < -0.39 is 32.9 Å². The smallest absolute Gasteiger partial charge is 0.339 e. The van der Waals surface area contributed by atoms with Crippen molar-refractivity contribution in [3.05, 3.63) is 63.7 Å². The van der Waals surface area contributed by atoms with E-state index in [1.165, 1.54) is 47.6 Å². The molecule has 1 heterocycles. The van der Waals surface area contributed by atoms with Crippen molar-refractivity contribution in [1.29, 1.82) is 0 Å². The minimum absolute atomic E-state index is 0.0513. The maximum absolute atomic E-state index is 12.7. The number of morpholine rings is 1. The number of hydrogen-bond acceptors (Lipinski definition) is 8. The van der Waals surface area contributed by atoms with Gasteiger partial charge in [0.25, 0.3) is 11.6 Å². The van der Waals surface area contributed by atoms with E-state index in [-0.39, 0.29) is 29.2 Å². The Hall–Kier alpha value is -3.35. The SMILES string of the molecule is Cc1ccc(C(=O)OC(C)C(=O)Nc2ccc(S(=O)(=O)N3CCOCC3)cc2)cc1[N+](=O)[O-]. The number of hydrogen-bond donors (Lipinski definition) is 1. The van der Waals surface area contributed by atoms with Gasteiger partial charge in [-0.05, 0) is 44.2 Å². The number of carbonyl (C=O) groups excluding carboxylic acids is 2. The van der Waals surface area contributed by atoms with Gasteiger partial charge in [0.05, 0.1) is 28.6 Å². The second-order valence-corrected chi connectivity index (χ2v) is 9.27. The van der Waals surface area contributed by atoms with Gasteiger partial charge in [-0.15, -0.1) is 0 Å². The fourth-order valence-electron chi connectivity index (χ4n) is 3.11. The number of nitro groups is 1. The van der Waals surface area contributed by atoms with Crippen LogP contribution in [0, 0.1) is 17.0 Å². The number of aryl methyl sites for hydroxylation is 1. The first-order valence-corrected chi connectivity index (χ1v) is 11.5. The molecule has 1 aliphatic heterocycles. The number of nitrogens with zero attached hydrogens (tertiary/aromatic N) is 2. The highest BCUT2D eigenvalue weighted by Gasteiger charge is 2.26. The molecule has 1 aliphatic rings. The van der Waals surface area contributed by atoms with Crippen molar-refractivity contribution in [2.75, 3.05) is 31.6 Å². The van der Waals surface area contributed by atoms with Crippen LogP contribution in [-0.4, -0.2) is 61.9 Å². The third-order valence-corrected chi connectivity index (χ3v) is 6.94. The maximum atomic E-state index is 12.7. The van der Waals surface area contributed by atoms with E-state index in [1.807, 2.05) is 0 Å². The van der Waals surface area contributed by atoms with E-state index in [4.69, 9.17) is 9.47 Å². The number of rotatable bonds is 7. The fraction of sp³-hybridized carbons (Fsp3) is 0.333. The predicted octanol–water partition coefficient (Wildman–Crippen LogP) is 2.11. The van der Waals surface area contributed by atoms with Crippen molar-refractivity contribution >= 4 is 33.3 Å². The van der Waals surface area contributed by atoms with Crippen molar-refractivity contribution in [3.63, 3.8) is 0 Å². The second-order valence-electron chi connectivity index (χ2n) is 7.34. The molecule has 1 fully saturated rings. The van der Waals surface area contributed by atoms with E-state index in [1.54, 1.807) is 6.92 Å². The number of ether oxygens (including phenoxy) is 2. The molecule has 176 valence electrons. The Morgan fingerprint density at radius 3 is 2.39 bits per heavy atom. The van der Waals surface area contributed by atoms with Crippen molar-refractivity contribution in [3.8, 4) is 0 Å². The lowest BCUT2D eigenvalue weighted by atomic mass is 10.1. The van der Waals surface area contributed by atoms with Crippen LogP contribution in [0.15, 0.2) is 47.4 Å². The van der Waals surface area contributed by atoms with Crippen LogP contribution in [0.5, 0.6) is 0 Å². The zero-order valence-corrected chi connectivity index (χ0v) is 18.8. The van der Waals surface area contributed by atoms with Crippen molar-refractivity contribution in [2.24, 2.45) is 0 Å². The summed E-state index contributed by atoms with van der Waals surface area (Å²) in [5.41, 5.74) is 0.425. The average Bonchev–Trinajstić information content (AvgIpc) is 2.80. The van der Waals surface area contributed by atoms with Crippen molar-refractivity contribution in [2.45, 2.75) is 24.8 Å². The zero-order valence-electron chi connectivity index (χ0n) is 18.0. The summed E-state index contributed by atoms with van der Waals surface area (Å²) in [6.07, 6.45) is -1.20. The summed E-state index contributed by atoms with van der Waals surface area (Å²) in [5.74, 6) is -1.53. The molecule has 1 saturated heterocycles. The van der Waals surface area contributed by atoms with Gasteiger partial charge < -0.3 is 14.8 Å². The monoisotopic (exact) mass is 477 g/mol. The number of amides is 1. The van der Waals surface area contributed by atoms with E-state index in [0.29, 0.717) is 24.5 Å². The van der Waals surface area contributed by atoms with E-state index in [9.17, 15) is 28.1 Å². The predicted molar refractivity (Wildman–Crippen MR) is 117 cm³/mol. The van der Waals surface area contributed by atoms with E-state index >= 15 is 0 Å². The molecule has 2 aromatic rings. The molecule has 11 nitrogen and oxygen atoms in total. The highest BCUT2D eigenvalue weighted by molar-refractivity contribution is 7.89. The Balaban J connectivity index is 1.62. The zero-order chi connectivity index (χ0) is 24.2. The number of nitro benzene ring substituents is 1. The number of sulfonamides is 1. The number of esters is 1. The molecule has 0 aliphatic carbocycles. The quantitative estimate of drug-likeness (QED) is 0.363. The van der Waals surface area contributed by atoms with Gasteiger partial charge in [-0.3, -0.25) is 14.9 Å².